The Bertz CT molecular complexity index is 996. The molecule has 1 atom stereocenters. The van der Waals surface area contributed by atoms with Crippen molar-refractivity contribution in [2.75, 3.05) is 19.5 Å². The molecule has 2 heterocycles. The van der Waals surface area contributed by atoms with E-state index in [1.54, 1.807) is 23.4 Å². The lowest BCUT2D eigenvalue weighted by atomic mass is 10.1. The Morgan fingerprint density at radius 1 is 1.19 bits per heavy atom. The molecule has 0 N–H and O–H groups in total. The van der Waals surface area contributed by atoms with Crippen molar-refractivity contribution in [3.05, 3.63) is 58.9 Å². The summed E-state index contributed by atoms with van der Waals surface area (Å²) in [5, 5.41) is 1.26. The van der Waals surface area contributed by atoms with Crippen molar-refractivity contribution in [2.24, 2.45) is 0 Å². The molecular formula is C21H22N2O3S. The molecule has 140 valence electrons. The standard InChI is InChI=1S/C21H22N2O3S/c1-25-19-12-5-4-11-18(19)23-20(24)16-9-2-3-10-17(16)22-21(23)27-14-15-8-6-7-13-26-15/h2-5,9-12,15H,6-8,13-14H2,1H3/t15-/m1/s1. The minimum atomic E-state index is -0.0860. The number of thioether (sulfide) groups is 1. The van der Waals surface area contributed by atoms with E-state index >= 15 is 0 Å². The Morgan fingerprint density at radius 2 is 2.00 bits per heavy atom. The third-order valence-electron chi connectivity index (χ3n) is 4.74. The molecule has 0 unspecified atom stereocenters. The Kier molecular flexibility index (Phi) is 5.45. The van der Waals surface area contributed by atoms with Crippen LogP contribution in [0.15, 0.2) is 58.5 Å². The summed E-state index contributed by atoms with van der Waals surface area (Å²) >= 11 is 1.57. The van der Waals surface area contributed by atoms with E-state index in [0.29, 0.717) is 27.5 Å². The van der Waals surface area contributed by atoms with Gasteiger partial charge in [0, 0.05) is 12.4 Å². The van der Waals surface area contributed by atoms with E-state index in [2.05, 4.69) is 0 Å². The summed E-state index contributed by atoms with van der Waals surface area (Å²) in [7, 11) is 1.61. The normalized spacial score (nSPS) is 17.1. The van der Waals surface area contributed by atoms with Gasteiger partial charge in [0.15, 0.2) is 5.16 Å². The maximum absolute atomic E-state index is 13.3. The molecule has 0 amide bonds. The highest BCUT2D eigenvalue weighted by molar-refractivity contribution is 7.99. The number of ether oxygens (including phenoxy) is 2. The second kappa shape index (κ2) is 8.15. The zero-order valence-corrected chi connectivity index (χ0v) is 16.1. The molecule has 0 spiro atoms. The molecule has 0 bridgehead atoms. The highest BCUT2D eigenvalue weighted by Gasteiger charge is 2.19. The van der Waals surface area contributed by atoms with Crippen molar-refractivity contribution < 1.29 is 9.47 Å². The Balaban J connectivity index is 1.81. The van der Waals surface area contributed by atoms with E-state index < -0.39 is 0 Å². The number of methoxy groups -OCH3 is 1. The fourth-order valence-electron chi connectivity index (χ4n) is 3.34. The number of hydrogen-bond acceptors (Lipinski definition) is 5. The van der Waals surface area contributed by atoms with Gasteiger partial charge in [-0.15, -0.1) is 0 Å². The molecule has 1 aliphatic heterocycles. The second-order valence-electron chi connectivity index (χ2n) is 6.52. The fraction of sp³-hybridized carbons (Fsp3) is 0.333. The van der Waals surface area contributed by atoms with E-state index in [0.717, 1.165) is 25.2 Å². The molecule has 0 saturated carbocycles. The van der Waals surface area contributed by atoms with Gasteiger partial charge < -0.3 is 9.47 Å². The quantitative estimate of drug-likeness (QED) is 0.492. The first kappa shape index (κ1) is 18.1. The molecule has 1 aromatic heterocycles. The van der Waals surface area contributed by atoms with Gasteiger partial charge in [0.2, 0.25) is 0 Å². The van der Waals surface area contributed by atoms with Crippen LogP contribution in [-0.4, -0.2) is 35.1 Å². The van der Waals surface area contributed by atoms with Crippen LogP contribution in [0.3, 0.4) is 0 Å². The first-order valence-corrected chi connectivity index (χ1v) is 10.2. The van der Waals surface area contributed by atoms with E-state index in [4.69, 9.17) is 14.5 Å². The number of nitrogens with zero attached hydrogens (tertiary/aromatic N) is 2. The SMILES string of the molecule is COc1ccccc1-n1c(SC[C@H]2CCCCO2)nc2ccccc2c1=O. The fourth-order valence-corrected chi connectivity index (χ4v) is 4.41. The molecule has 1 saturated heterocycles. The van der Waals surface area contributed by atoms with Crippen LogP contribution in [-0.2, 0) is 4.74 Å². The summed E-state index contributed by atoms with van der Waals surface area (Å²) in [6.07, 6.45) is 3.58. The molecule has 2 aromatic carbocycles. The number of fused-ring (bicyclic) bond motifs is 1. The van der Waals surface area contributed by atoms with Gasteiger partial charge in [0.1, 0.15) is 5.75 Å². The number of rotatable bonds is 5. The van der Waals surface area contributed by atoms with Gasteiger partial charge in [0.25, 0.3) is 5.56 Å². The van der Waals surface area contributed by atoms with E-state index in [-0.39, 0.29) is 11.7 Å². The van der Waals surface area contributed by atoms with Crippen molar-refractivity contribution in [2.45, 2.75) is 30.5 Å². The number of hydrogen-bond donors (Lipinski definition) is 0. The largest absolute Gasteiger partial charge is 0.495 e. The van der Waals surface area contributed by atoms with Crippen LogP contribution in [0.5, 0.6) is 5.75 Å². The maximum atomic E-state index is 13.3. The summed E-state index contributed by atoms with van der Waals surface area (Å²) in [5.41, 5.74) is 1.33. The molecule has 5 nitrogen and oxygen atoms in total. The smallest absolute Gasteiger partial charge is 0.266 e. The van der Waals surface area contributed by atoms with Crippen molar-refractivity contribution in [3.8, 4) is 11.4 Å². The van der Waals surface area contributed by atoms with Crippen LogP contribution < -0.4 is 10.3 Å². The number of para-hydroxylation sites is 3. The van der Waals surface area contributed by atoms with Crippen molar-refractivity contribution in [3.63, 3.8) is 0 Å². The minimum Gasteiger partial charge on any atom is -0.495 e. The first-order valence-electron chi connectivity index (χ1n) is 9.17. The van der Waals surface area contributed by atoms with Gasteiger partial charge in [-0.25, -0.2) is 4.98 Å². The van der Waals surface area contributed by atoms with Crippen molar-refractivity contribution in [1.82, 2.24) is 9.55 Å². The van der Waals surface area contributed by atoms with Crippen LogP contribution in [0.4, 0.5) is 0 Å². The van der Waals surface area contributed by atoms with Crippen LogP contribution in [0.25, 0.3) is 16.6 Å². The Labute approximate surface area is 162 Å². The van der Waals surface area contributed by atoms with Gasteiger partial charge in [0.05, 0.1) is 29.8 Å². The van der Waals surface area contributed by atoms with Crippen LogP contribution in [0.2, 0.25) is 0 Å². The summed E-state index contributed by atoms with van der Waals surface area (Å²) in [6.45, 7) is 0.815. The topological polar surface area (TPSA) is 53.4 Å². The van der Waals surface area contributed by atoms with Crippen LogP contribution in [0, 0.1) is 0 Å². The average molecular weight is 382 g/mol. The lowest BCUT2D eigenvalue weighted by Crippen LogP contribution is -2.24. The Morgan fingerprint density at radius 3 is 2.81 bits per heavy atom. The highest BCUT2D eigenvalue weighted by Crippen LogP contribution is 2.28. The molecule has 1 aliphatic rings. The molecule has 0 aliphatic carbocycles. The van der Waals surface area contributed by atoms with Crippen LogP contribution >= 0.6 is 11.8 Å². The van der Waals surface area contributed by atoms with Gasteiger partial charge in [-0.3, -0.25) is 9.36 Å². The third-order valence-corrected chi connectivity index (χ3v) is 5.81. The summed E-state index contributed by atoms with van der Waals surface area (Å²) in [4.78, 5) is 18.1. The lowest BCUT2D eigenvalue weighted by Gasteiger charge is -2.22. The second-order valence-corrected chi connectivity index (χ2v) is 7.51. The average Bonchev–Trinajstić information content (AvgIpc) is 2.73. The monoisotopic (exact) mass is 382 g/mol. The number of aromatic nitrogens is 2. The molecule has 6 heteroatoms. The van der Waals surface area contributed by atoms with E-state index in [1.165, 1.54) is 6.42 Å². The molecule has 27 heavy (non-hydrogen) atoms. The van der Waals surface area contributed by atoms with Crippen molar-refractivity contribution >= 4 is 22.7 Å². The molecular weight excluding hydrogens is 360 g/mol. The highest BCUT2D eigenvalue weighted by atomic mass is 32.2. The van der Waals surface area contributed by atoms with Gasteiger partial charge in [-0.1, -0.05) is 36.0 Å². The van der Waals surface area contributed by atoms with Gasteiger partial charge in [-0.05, 0) is 43.5 Å². The maximum Gasteiger partial charge on any atom is 0.266 e. The minimum absolute atomic E-state index is 0.0860. The molecule has 0 radical (unpaired) electrons. The molecule has 1 fully saturated rings. The van der Waals surface area contributed by atoms with E-state index in [1.807, 2.05) is 48.5 Å². The molecule has 3 aromatic rings. The zero-order valence-electron chi connectivity index (χ0n) is 15.3. The predicted octanol–water partition coefficient (Wildman–Crippen LogP) is 4.06. The van der Waals surface area contributed by atoms with Crippen LogP contribution in [0.1, 0.15) is 19.3 Å². The predicted molar refractivity (Wildman–Crippen MR) is 108 cm³/mol. The third kappa shape index (κ3) is 3.73. The summed E-state index contributed by atoms with van der Waals surface area (Å²) in [6, 6.07) is 15.0. The van der Waals surface area contributed by atoms with Gasteiger partial charge in [-0.2, -0.15) is 0 Å². The Hall–Kier alpha value is -2.31. The lowest BCUT2D eigenvalue weighted by molar-refractivity contribution is 0.0315. The number of benzene rings is 2. The zero-order chi connectivity index (χ0) is 18.6. The first-order chi connectivity index (χ1) is 13.3. The summed E-state index contributed by atoms with van der Waals surface area (Å²) < 4.78 is 13.0. The van der Waals surface area contributed by atoms with Crippen molar-refractivity contribution in [1.29, 1.82) is 0 Å². The summed E-state index contributed by atoms with van der Waals surface area (Å²) in [5.74, 6) is 1.42. The molecule has 4 rings (SSSR count). The van der Waals surface area contributed by atoms with Gasteiger partial charge >= 0.3 is 0 Å². The van der Waals surface area contributed by atoms with E-state index in [9.17, 15) is 4.79 Å².